The van der Waals surface area contributed by atoms with Gasteiger partial charge in [0.15, 0.2) is 0 Å². The van der Waals surface area contributed by atoms with E-state index in [1.807, 2.05) is 4.72 Å². The Kier molecular flexibility index (Phi) is 4.87. The normalized spacial score (nSPS) is 34.8. The molecule has 20 heavy (non-hydrogen) atoms. The van der Waals surface area contributed by atoms with Gasteiger partial charge in [-0.1, -0.05) is 0 Å². The van der Waals surface area contributed by atoms with Crippen LogP contribution in [0.4, 0.5) is 17.6 Å². The molecule has 1 rings (SSSR count). The lowest BCUT2D eigenvalue weighted by Crippen LogP contribution is -2.71. The highest BCUT2D eigenvalue weighted by atomic mass is 32.2. The van der Waals surface area contributed by atoms with E-state index in [1.165, 1.54) is 20.8 Å². The van der Waals surface area contributed by atoms with Crippen LogP contribution in [0.3, 0.4) is 0 Å². The number of hydrogen-bond acceptors (Lipinski definition) is 4. The molecule has 0 aromatic heterocycles. The first-order valence-electron chi connectivity index (χ1n) is 5.73. The molecular weight excluding hydrogens is 306 g/mol. The highest BCUT2D eigenvalue weighted by Crippen LogP contribution is 2.45. The lowest BCUT2D eigenvalue weighted by molar-refractivity contribution is -0.373. The van der Waals surface area contributed by atoms with Gasteiger partial charge in [-0.05, 0) is 20.8 Å². The van der Waals surface area contributed by atoms with Crippen LogP contribution in [0.2, 0.25) is 0 Å². The van der Waals surface area contributed by atoms with E-state index in [4.69, 9.17) is 10.2 Å². The number of aliphatic hydroxyl groups excluding tert-OH is 2. The average molecular weight is 323 g/mol. The Bertz CT molecular complexity index is 388. The zero-order chi connectivity index (χ0) is 15.9. The van der Waals surface area contributed by atoms with Crippen LogP contribution >= 0.6 is 0 Å². The van der Waals surface area contributed by atoms with E-state index in [2.05, 4.69) is 4.74 Å². The minimum absolute atomic E-state index is 0.985. The average Bonchev–Trinajstić information content (AvgIpc) is 2.29. The van der Waals surface area contributed by atoms with E-state index in [1.54, 1.807) is 0 Å². The highest BCUT2D eigenvalue weighted by molar-refractivity contribution is 7.84. The van der Waals surface area contributed by atoms with Crippen LogP contribution in [-0.2, 0) is 15.7 Å². The van der Waals surface area contributed by atoms with Gasteiger partial charge in [-0.25, -0.2) is 8.93 Å². The van der Waals surface area contributed by atoms with Crippen molar-refractivity contribution in [3.05, 3.63) is 0 Å². The van der Waals surface area contributed by atoms with Crippen molar-refractivity contribution in [2.24, 2.45) is 0 Å². The van der Waals surface area contributed by atoms with Gasteiger partial charge in [0.1, 0.15) is 12.1 Å². The maximum absolute atomic E-state index is 13.8. The van der Waals surface area contributed by atoms with Crippen molar-refractivity contribution in [1.29, 1.82) is 0 Å². The molecule has 1 heterocycles. The van der Waals surface area contributed by atoms with E-state index in [-0.39, 0.29) is 0 Å². The molecule has 0 aliphatic carbocycles. The van der Waals surface area contributed by atoms with Crippen LogP contribution in [0, 0.1) is 0 Å². The van der Waals surface area contributed by atoms with Crippen molar-refractivity contribution < 1.29 is 36.7 Å². The van der Waals surface area contributed by atoms with Crippen LogP contribution in [0.1, 0.15) is 20.8 Å². The van der Waals surface area contributed by atoms with Crippen LogP contribution in [0.15, 0.2) is 0 Å². The Morgan fingerprint density at radius 3 is 2.15 bits per heavy atom. The molecule has 4 atom stereocenters. The summed E-state index contributed by atoms with van der Waals surface area (Å²) in [7, 11) is -2.08. The number of ether oxygens (including phenoxy) is 1. The molecule has 0 aromatic carbocycles. The summed E-state index contributed by atoms with van der Waals surface area (Å²) in [5.74, 6) is -9.60. The Morgan fingerprint density at radius 2 is 1.75 bits per heavy atom. The first-order valence-corrected chi connectivity index (χ1v) is 6.88. The van der Waals surface area contributed by atoms with Crippen molar-refractivity contribution in [3.63, 3.8) is 0 Å². The predicted octanol–water partition coefficient (Wildman–Crippen LogP) is 0.387. The predicted molar refractivity (Wildman–Crippen MR) is 62.7 cm³/mol. The van der Waals surface area contributed by atoms with Gasteiger partial charge in [-0.15, -0.1) is 0 Å². The van der Waals surface area contributed by atoms with E-state index < -0.39 is 52.6 Å². The highest BCUT2D eigenvalue weighted by Gasteiger charge is 2.71. The van der Waals surface area contributed by atoms with Gasteiger partial charge >= 0.3 is 11.8 Å². The Balaban J connectivity index is 3.09. The molecule has 2 unspecified atom stereocenters. The second-order valence-electron chi connectivity index (χ2n) is 5.43. The summed E-state index contributed by atoms with van der Waals surface area (Å²) in [6.07, 6.45) is -4.86. The van der Waals surface area contributed by atoms with Crippen molar-refractivity contribution >= 4 is 11.0 Å². The van der Waals surface area contributed by atoms with E-state index >= 15 is 0 Å². The lowest BCUT2D eigenvalue weighted by atomic mass is 9.95. The quantitative estimate of drug-likeness (QED) is 0.657. The summed E-state index contributed by atoms with van der Waals surface area (Å²) in [6.45, 7) is 3.33. The number of halogens is 4. The van der Waals surface area contributed by atoms with Gasteiger partial charge in [0.2, 0.25) is 6.29 Å². The summed E-state index contributed by atoms with van der Waals surface area (Å²) in [6, 6.07) is -2.40. The second kappa shape index (κ2) is 5.48. The van der Waals surface area contributed by atoms with Crippen LogP contribution in [0.25, 0.3) is 0 Å². The molecule has 0 bridgehead atoms. The Morgan fingerprint density at radius 1 is 1.25 bits per heavy atom. The fourth-order valence-corrected chi connectivity index (χ4v) is 2.41. The topological polar surface area (TPSA) is 78.8 Å². The van der Waals surface area contributed by atoms with Crippen LogP contribution < -0.4 is 4.72 Å². The van der Waals surface area contributed by atoms with Crippen molar-refractivity contribution in [2.75, 3.05) is 6.61 Å². The summed E-state index contributed by atoms with van der Waals surface area (Å²) in [5, 5.41) is 17.9. The van der Waals surface area contributed by atoms with Gasteiger partial charge in [-0.3, -0.25) is 0 Å². The summed E-state index contributed by atoms with van der Waals surface area (Å²) >= 11 is 0. The summed E-state index contributed by atoms with van der Waals surface area (Å²) in [4.78, 5) is 0. The van der Waals surface area contributed by atoms with Gasteiger partial charge in [0, 0.05) is 0 Å². The standard InChI is InChI=1S/C10H17F4NO4S/c1-8(2,3)20(18)15-6-5(4-16)19-7(17)10(13,14)9(6,11)12/h5-7,15-17H,4H2,1-3H3/t5-,6-,7?,20?/m1/s1. The van der Waals surface area contributed by atoms with Crippen LogP contribution in [0.5, 0.6) is 0 Å². The molecule has 5 nitrogen and oxygen atoms in total. The third-order valence-electron chi connectivity index (χ3n) is 2.79. The fourth-order valence-electron chi connectivity index (χ4n) is 1.53. The SMILES string of the molecule is CC(C)(C)S(=O)N[C@@H]1[C@@H](CO)OC(O)C(F)(F)C1(F)F. The summed E-state index contributed by atoms with van der Waals surface area (Å²) < 4.78 is 71.2. The number of rotatable bonds is 3. The molecule has 10 heteroatoms. The maximum Gasteiger partial charge on any atom is 0.361 e. The molecule has 0 aromatic rings. The number of hydrogen-bond donors (Lipinski definition) is 3. The van der Waals surface area contributed by atoms with Gasteiger partial charge in [-0.2, -0.15) is 17.6 Å². The largest absolute Gasteiger partial charge is 0.394 e. The minimum Gasteiger partial charge on any atom is -0.394 e. The molecule has 1 aliphatic heterocycles. The molecule has 0 radical (unpaired) electrons. The minimum atomic E-state index is -4.86. The van der Waals surface area contributed by atoms with Crippen molar-refractivity contribution in [3.8, 4) is 0 Å². The van der Waals surface area contributed by atoms with Crippen molar-refractivity contribution in [2.45, 2.75) is 55.8 Å². The third kappa shape index (κ3) is 2.98. The molecule has 0 spiro atoms. The van der Waals surface area contributed by atoms with Gasteiger partial charge in [0.05, 0.1) is 22.3 Å². The molecule has 120 valence electrons. The van der Waals surface area contributed by atoms with Crippen molar-refractivity contribution in [1.82, 2.24) is 4.72 Å². The fraction of sp³-hybridized carbons (Fsp3) is 1.00. The zero-order valence-corrected chi connectivity index (χ0v) is 11.9. The van der Waals surface area contributed by atoms with E-state index in [9.17, 15) is 21.8 Å². The summed E-state index contributed by atoms with van der Waals surface area (Å²) in [5.41, 5.74) is 0. The molecule has 1 saturated heterocycles. The van der Waals surface area contributed by atoms with Gasteiger partial charge in [0.25, 0.3) is 0 Å². The molecular formula is C10H17F4NO4S. The monoisotopic (exact) mass is 323 g/mol. The molecule has 0 amide bonds. The second-order valence-corrected chi connectivity index (χ2v) is 7.43. The molecule has 3 N–H and O–H groups in total. The third-order valence-corrected chi connectivity index (χ3v) is 4.37. The first kappa shape index (κ1) is 17.8. The van der Waals surface area contributed by atoms with E-state index in [0.717, 1.165) is 0 Å². The molecule has 1 aliphatic rings. The van der Waals surface area contributed by atoms with Crippen LogP contribution in [-0.4, -0.2) is 56.1 Å². The number of alkyl halides is 4. The molecule has 0 saturated carbocycles. The van der Waals surface area contributed by atoms with E-state index in [0.29, 0.717) is 0 Å². The number of aliphatic hydroxyl groups is 2. The Labute approximate surface area is 115 Å². The lowest BCUT2D eigenvalue weighted by Gasteiger charge is -2.44. The number of nitrogens with one attached hydrogen (secondary N) is 1. The zero-order valence-electron chi connectivity index (χ0n) is 11.1. The van der Waals surface area contributed by atoms with Gasteiger partial charge < -0.3 is 14.9 Å². The Hall–Kier alpha value is -0.290. The smallest absolute Gasteiger partial charge is 0.361 e. The first-order chi connectivity index (χ1) is 8.85. The maximum atomic E-state index is 13.8. The molecule has 1 fully saturated rings.